The van der Waals surface area contributed by atoms with Crippen molar-refractivity contribution >= 4 is 34.7 Å². The lowest BCUT2D eigenvalue weighted by Crippen LogP contribution is -2.36. The number of para-hydroxylation sites is 2. The molecule has 1 N–H and O–H groups in total. The van der Waals surface area contributed by atoms with Crippen molar-refractivity contribution in [2.24, 2.45) is 0 Å². The van der Waals surface area contributed by atoms with Crippen LogP contribution in [0.15, 0.2) is 52.9 Å². The first kappa shape index (κ1) is 15.2. The van der Waals surface area contributed by atoms with Crippen molar-refractivity contribution in [3.05, 3.63) is 53.4 Å². The molecule has 1 aliphatic rings. The summed E-state index contributed by atoms with van der Waals surface area (Å²) in [7, 11) is 0. The van der Waals surface area contributed by atoms with Gasteiger partial charge in [0.15, 0.2) is 5.58 Å². The van der Waals surface area contributed by atoms with Crippen molar-refractivity contribution in [2.75, 3.05) is 36.5 Å². The zero-order valence-corrected chi connectivity index (χ0v) is 14.1. The molecule has 3 aromatic rings. The Hall–Kier alpha value is -2.31. The number of nitrogens with zero attached hydrogens (tertiary/aromatic N) is 2. The van der Waals surface area contributed by atoms with Crippen LogP contribution in [0.5, 0.6) is 0 Å². The summed E-state index contributed by atoms with van der Waals surface area (Å²) in [5.74, 6) is 0. The highest BCUT2D eigenvalue weighted by Crippen LogP contribution is 2.20. The predicted octanol–water partition coefficient (Wildman–Crippen LogP) is 3.87. The van der Waals surface area contributed by atoms with Crippen molar-refractivity contribution in [1.82, 2.24) is 4.57 Å². The summed E-state index contributed by atoms with van der Waals surface area (Å²) in [4.78, 5) is 2.82. The van der Waals surface area contributed by atoms with Crippen LogP contribution < -0.4 is 10.2 Å². The molecule has 1 fully saturated rings. The van der Waals surface area contributed by atoms with E-state index in [0.717, 1.165) is 43.1 Å². The molecule has 0 amide bonds. The molecule has 0 radical (unpaired) electrons. The lowest BCUT2D eigenvalue weighted by Gasteiger charge is -2.28. The van der Waals surface area contributed by atoms with E-state index in [-0.39, 0.29) is 0 Å². The minimum atomic E-state index is 0.480. The molecule has 0 spiro atoms. The second-order valence-corrected chi connectivity index (χ2v) is 6.09. The zero-order valence-electron chi connectivity index (χ0n) is 13.3. The van der Waals surface area contributed by atoms with Gasteiger partial charge in [0.25, 0.3) is 4.84 Å². The monoisotopic (exact) mass is 341 g/mol. The minimum Gasteiger partial charge on any atom is -0.429 e. The zero-order chi connectivity index (χ0) is 16.4. The van der Waals surface area contributed by atoms with Gasteiger partial charge in [0, 0.05) is 24.5 Å². The van der Waals surface area contributed by atoms with E-state index < -0.39 is 0 Å². The van der Waals surface area contributed by atoms with E-state index in [1.807, 2.05) is 28.8 Å². The second kappa shape index (κ2) is 6.67. The van der Waals surface area contributed by atoms with Crippen LogP contribution in [0.4, 0.5) is 11.4 Å². The van der Waals surface area contributed by atoms with Crippen LogP contribution in [0.1, 0.15) is 0 Å². The number of hydrogen-bond donors (Lipinski definition) is 1. The normalized spacial score (nSPS) is 14.9. The fourth-order valence-corrected chi connectivity index (χ4v) is 3.20. The Morgan fingerprint density at radius 1 is 1.00 bits per heavy atom. The number of aromatic nitrogens is 1. The predicted molar refractivity (Wildman–Crippen MR) is 98.1 cm³/mol. The summed E-state index contributed by atoms with van der Waals surface area (Å²) in [6.45, 7) is 4.07. The van der Waals surface area contributed by atoms with Gasteiger partial charge >= 0.3 is 0 Å². The van der Waals surface area contributed by atoms with E-state index in [0.29, 0.717) is 11.5 Å². The maximum atomic E-state index is 5.61. The molecule has 1 aromatic heterocycles. The summed E-state index contributed by atoms with van der Waals surface area (Å²) in [5.41, 5.74) is 4.10. The van der Waals surface area contributed by atoms with Gasteiger partial charge in [-0.1, -0.05) is 12.1 Å². The first-order valence-electron chi connectivity index (χ1n) is 8.06. The molecule has 2 aromatic carbocycles. The number of benzene rings is 2. The first-order chi connectivity index (χ1) is 11.8. The largest absolute Gasteiger partial charge is 0.429 e. The third kappa shape index (κ3) is 3.02. The van der Waals surface area contributed by atoms with Crippen molar-refractivity contribution < 1.29 is 9.15 Å². The second-order valence-electron chi connectivity index (χ2n) is 5.74. The average molecular weight is 341 g/mol. The quantitative estimate of drug-likeness (QED) is 0.730. The van der Waals surface area contributed by atoms with E-state index in [9.17, 15) is 0 Å². The fourth-order valence-electron chi connectivity index (χ4n) is 2.95. The number of morpholine rings is 1. The Kier molecular flexibility index (Phi) is 4.23. The lowest BCUT2D eigenvalue weighted by atomic mass is 10.2. The standard InChI is InChI=1S/C18H19N3O2S/c24-18-21(16-3-1-2-4-17(16)23-18)13-19-14-5-7-15(8-6-14)20-9-11-22-12-10-20/h1-8,19H,9-13H2. The fraction of sp³-hybridized carbons (Fsp3) is 0.278. The van der Waals surface area contributed by atoms with E-state index in [2.05, 4.69) is 34.5 Å². The molecule has 0 aliphatic carbocycles. The lowest BCUT2D eigenvalue weighted by molar-refractivity contribution is 0.122. The van der Waals surface area contributed by atoms with Gasteiger partial charge < -0.3 is 19.4 Å². The third-order valence-corrected chi connectivity index (χ3v) is 4.56. The number of hydrogen-bond acceptors (Lipinski definition) is 5. The number of oxazole rings is 1. The molecule has 4 rings (SSSR count). The molecule has 0 atom stereocenters. The highest BCUT2D eigenvalue weighted by molar-refractivity contribution is 7.71. The van der Waals surface area contributed by atoms with Gasteiger partial charge in [0.05, 0.1) is 25.4 Å². The minimum absolute atomic E-state index is 0.480. The summed E-state index contributed by atoms with van der Waals surface area (Å²) in [6.07, 6.45) is 0. The van der Waals surface area contributed by atoms with Crippen molar-refractivity contribution in [3.63, 3.8) is 0 Å². The van der Waals surface area contributed by atoms with Crippen LogP contribution in [0, 0.1) is 4.84 Å². The number of nitrogens with one attached hydrogen (secondary N) is 1. The summed E-state index contributed by atoms with van der Waals surface area (Å²) < 4.78 is 13.0. The summed E-state index contributed by atoms with van der Waals surface area (Å²) in [6, 6.07) is 16.3. The summed E-state index contributed by atoms with van der Waals surface area (Å²) in [5, 5.41) is 3.40. The molecular formula is C18H19N3O2S. The van der Waals surface area contributed by atoms with Gasteiger partial charge in [0.2, 0.25) is 0 Å². The number of rotatable bonds is 4. The molecule has 124 valence electrons. The van der Waals surface area contributed by atoms with Crippen molar-refractivity contribution in [3.8, 4) is 0 Å². The Bertz CT molecular complexity index is 879. The van der Waals surface area contributed by atoms with Crippen LogP contribution in [0.2, 0.25) is 0 Å². The van der Waals surface area contributed by atoms with Crippen LogP contribution >= 0.6 is 12.2 Å². The first-order valence-corrected chi connectivity index (χ1v) is 8.47. The number of fused-ring (bicyclic) bond motifs is 1. The van der Waals surface area contributed by atoms with Crippen LogP contribution in [0.25, 0.3) is 11.1 Å². The Labute approximate surface area is 145 Å². The average Bonchev–Trinajstić information content (AvgIpc) is 2.96. The van der Waals surface area contributed by atoms with Gasteiger partial charge in [0.1, 0.15) is 0 Å². The molecule has 2 heterocycles. The smallest absolute Gasteiger partial charge is 0.271 e. The molecule has 1 saturated heterocycles. The molecule has 0 unspecified atom stereocenters. The molecule has 5 nitrogen and oxygen atoms in total. The molecular weight excluding hydrogens is 322 g/mol. The Morgan fingerprint density at radius 3 is 2.54 bits per heavy atom. The van der Waals surface area contributed by atoms with Gasteiger partial charge in [-0.15, -0.1) is 0 Å². The maximum Gasteiger partial charge on any atom is 0.271 e. The topological polar surface area (TPSA) is 42.6 Å². The van der Waals surface area contributed by atoms with Gasteiger partial charge in [-0.2, -0.15) is 0 Å². The molecule has 0 bridgehead atoms. The van der Waals surface area contributed by atoms with E-state index in [1.165, 1.54) is 5.69 Å². The van der Waals surface area contributed by atoms with Gasteiger partial charge in [-0.3, -0.25) is 4.57 Å². The van der Waals surface area contributed by atoms with Crippen LogP contribution in [-0.4, -0.2) is 30.9 Å². The highest BCUT2D eigenvalue weighted by Gasteiger charge is 2.11. The van der Waals surface area contributed by atoms with Gasteiger partial charge in [-0.25, -0.2) is 0 Å². The van der Waals surface area contributed by atoms with Crippen molar-refractivity contribution in [1.29, 1.82) is 0 Å². The van der Waals surface area contributed by atoms with Crippen LogP contribution in [0.3, 0.4) is 0 Å². The molecule has 6 heteroatoms. The van der Waals surface area contributed by atoms with E-state index >= 15 is 0 Å². The number of anilines is 2. The molecule has 24 heavy (non-hydrogen) atoms. The maximum absolute atomic E-state index is 5.61. The van der Waals surface area contributed by atoms with Crippen LogP contribution in [-0.2, 0) is 11.4 Å². The Balaban J connectivity index is 1.47. The van der Waals surface area contributed by atoms with E-state index in [4.69, 9.17) is 21.4 Å². The number of ether oxygens (including phenoxy) is 1. The molecule has 0 saturated carbocycles. The SMILES string of the molecule is S=c1oc2ccccc2n1CNc1ccc(N2CCOCC2)cc1. The van der Waals surface area contributed by atoms with Gasteiger partial charge in [-0.05, 0) is 48.6 Å². The summed E-state index contributed by atoms with van der Waals surface area (Å²) >= 11 is 5.31. The highest BCUT2D eigenvalue weighted by atomic mass is 32.1. The third-order valence-electron chi connectivity index (χ3n) is 4.26. The Morgan fingerprint density at radius 2 is 1.75 bits per heavy atom. The van der Waals surface area contributed by atoms with E-state index in [1.54, 1.807) is 0 Å². The molecule has 1 aliphatic heterocycles. The van der Waals surface area contributed by atoms with Crippen molar-refractivity contribution in [2.45, 2.75) is 6.67 Å².